The predicted octanol–water partition coefficient (Wildman–Crippen LogP) is 1.93. The molecule has 0 aliphatic carbocycles. The van der Waals surface area contributed by atoms with E-state index in [9.17, 15) is 4.79 Å². The van der Waals surface area contributed by atoms with Gasteiger partial charge in [-0.05, 0) is 39.8 Å². The van der Waals surface area contributed by atoms with Gasteiger partial charge in [0.25, 0.3) is 0 Å². The normalized spacial score (nSPS) is 13.0. The van der Waals surface area contributed by atoms with Crippen LogP contribution >= 0.6 is 0 Å². The molecule has 1 unspecified atom stereocenters. The van der Waals surface area contributed by atoms with Crippen LogP contribution in [0.3, 0.4) is 0 Å². The van der Waals surface area contributed by atoms with Gasteiger partial charge in [0, 0.05) is 10.9 Å². The number of carbonyl (C=O) groups excluding carboxylic acids is 1. The van der Waals surface area contributed by atoms with E-state index >= 15 is 0 Å². The number of carbonyl (C=O) groups is 1. The van der Waals surface area contributed by atoms with Gasteiger partial charge < -0.3 is 16.4 Å². The van der Waals surface area contributed by atoms with Gasteiger partial charge in [-0.25, -0.2) is 4.98 Å². The molecule has 0 spiro atoms. The van der Waals surface area contributed by atoms with Crippen LogP contribution in [-0.4, -0.2) is 27.5 Å². The van der Waals surface area contributed by atoms with Gasteiger partial charge in [-0.2, -0.15) is 4.98 Å². The van der Waals surface area contributed by atoms with Gasteiger partial charge in [-0.15, -0.1) is 0 Å². The molecule has 0 aliphatic heterocycles. The zero-order chi connectivity index (χ0) is 15.6. The number of benzene rings is 1. The van der Waals surface area contributed by atoms with Crippen LogP contribution in [0.4, 0.5) is 11.8 Å². The average molecular weight is 287 g/mol. The van der Waals surface area contributed by atoms with Gasteiger partial charge in [0.15, 0.2) is 0 Å². The minimum Gasteiger partial charge on any atom is -0.368 e. The first kappa shape index (κ1) is 15.0. The maximum Gasteiger partial charge on any atom is 0.242 e. The summed E-state index contributed by atoms with van der Waals surface area (Å²) in [6.45, 7) is 7.61. The number of amides is 1. The lowest BCUT2D eigenvalue weighted by Crippen LogP contribution is -2.47. The van der Waals surface area contributed by atoms with E-state index in [1.807, 2.05) is 45.0 Å². The second-order valence-corrected chi connectivity index (χ2v) is 6.05. The van der Waals surface area contributed by atoms with E-state index in [1.165, 1.54) is 0 Å². The maximum atomic E-state index is 12.1. The van der Waals surface area contributed by atoms with Crippen LogP contribution in [0.15, 0.2) is 24.3 Å². The molecule has 0 fully saturated rings. The molecule has 1 amide bonds. The fourth-order valence-corrected chi connectivity index (χ4v) is 1.95. The van der Waals surface area contributed by atoms with E-state index in [0.29, 0.717) is 5.82 Å². The molecule has 0 saturated heterocycles. The van der Waals surface area contributed by atoms with Gasteiger partial charge in [0.1, 0.15) is 11.9 Å². The largest absolute Gasteiger partial charge is 0.368 e. The molecule has 1 heterocycles. The summed E-state index contributed by atoms with van der Waals surface area (Å²) in [6.07, 6.45) is 0. The first-order valence-corrected chi connectivity index (χ1v) is 6.87. The molecule has 1 aromatic heterocycles. The zero-order valence-corrected chi connectivity index (χ0v) is 12.8. The van der Waals surface area contributed by atoms with E-state index < -0.39 is 6.04 Å². The molecule has 1 atom stereocenters. The van der Waals surface area contributed by atoms with Crippen molar-refractivity contribution in [1.82, 2.24) is 15.3 Å². The summed E-state index contributed by atoms with van der Waals surface area (Å²) in [5.41, 5.74) is 6.18. The summed E-state index contributed by atoms with van der Waals surface area (Å²) < 4.78 is 0. The third-order valence-electron chi connectivity index (χ3n) is 2.87. The SMILES string of the molecule is CC(Nc1nc(N)nc2ccccc12)C(=O)NC(C)(C)C. The van der Waals surface area contributed by atoms with Crippen LogP contribution in [0.5, 0.6) is 0 Å². The monoisotopic (exact) mass is 287 g/mol. The number of fused-ring (bicyclic) bond motifs is 1. The summed E-state index contributed by atoms with van der Waals surface area (Å²) >= 11 is 0. The van der Waals surface area contributed by atoms with Crippen molar-refractivity contribution >= 4 is 28.6 Å². The molecule has 0 saturated carbocycles. The number of hydrogen-bond acceptors (Lipinski definition) is 5. The Morgan fingerprint density at radius 3 is 2.57 bits per heavy atom. The summed E-state index contributed by atoms with van der Waals surface area (Å²) in [5, 5.41) is 6.87. The summed E-state index contributed by atoms with van der Waals surface area (Å²) in [6, 6.07) is 7.10. The molecule has 6 nitrogen and oxygen atoms in total. The minimum absolute atomic E-state index is 0.0937. The van der Waals surface area contributed by atoms with Crippen molar-refractivity contribution in [3.63, 3.8) is 0 Å². The molecular weight excluding hydrogens is 266 g/mol. The Bertz CT molecular complexity index is 663. The number of rotatable bonds is 3. The highest BCUT2D eigenvalue weighted by atomic mass is 16.2. The Morgan fingerprint density at radius 1 is 1.24 bits per heavy atom. The van der Waals surface area contributed by atoms with Crippen molar-refractivity contribution in [1.29, 1.82) is 0 Å². The molecule has 2 rings (SSSR count). The first-order valence-electron chi connectivity index (χ1n) is 6.87. The molecule has 0 radical (unpaired) electrons. The predicted molar refractivity (Wildman–Crippen MR) is 84.9 cm³/mol. The Kier molecular flexibility index (Phi) is 3.97. The van der Waals surface area contributed by atoms with Crippen LogP contribution in [0.1, 0.15) is 27.7 Å². The van der Waals surface area contributed by atoms with Crippen molar-refractivity contribution in [2.24, 2.45) is 0 Å². The number of nitrogens with one attached hydrogen (secondary N) is 2. The van der Waals surface area contributed by atoms with E-state index in [2.05, 4.69) is 20.6 Å². The standard InChI is InChI=1S/C15H21N5O/c1-9(13(21)20-15(2,3)4)17-12-10-7-5-6-8-11(10)18-14(16)19-12/h5-9H,1-4H3,(H,20,21)(H3,16,17,18,19). The number of hydrogen-bond donors (Lipinski definition) is 3. The van der Waals surface area contributed by atoms with Crippen LogP contribution in [0.2, 0.25) is 0 Å². The van der Waals surface area contributed by atoms with Crippen LogP contribution in [0, 0.1) is 0 Å². The van der Waals surface area contributed by atoms with Crippen LogP contribution in [0.25, 0.3) is 10.9 Å². The Hall–Kier alpha value is -2.37. The molecule has 1 aromatic carbocycles. The van der Waals surface area contributed by atoms with Crippen LogP contribution < -0.4 is 16.4 Å². The van der Waals surface area contributed by atoms with Gasteiger partial charge in [-0.1, -0.05) is 12.1 Å². The third-order valence-corrected chi connectivity index (χ3v) is 2.87. The quantitative estimate of drug-likeness (QED) is 0.802. The lowest BCUT2D eigenvalue weighted by atomic mass is 10.1. The number of nitrogens with zero attached hydrogens (tertiary/aromatic N) is 2. The van der Waals surface area contributed by atoms with Crippen molar-refractivity contribution in [3.8, 4) is 0 Å². The number of anilines is 2. The topological polar surface area (TPSA) is 92.9 Å². The van der Waals surface area contributed by atoms with Gasteiger partial charge in [-0.3, -0.25) is 4.79 Å². The minimum atomic E-state index is -0.429. The molecule has 2 aromatic rings. The molecule has 4 N–H and O–H groups in total. The van der Waals surface area contributed by atoms with Gasteiger partial charge in [0.05, 0.1) is 5.52 Å². The zero-order valence-electron chi connectivity index (χ0n) is 12.8. The highest BCUT2D eigenvalue weighted by Crippen LogP contribution is 2.21. The smallest absolute Gasteiger partial charge is 0.242 e. The molecule has 21 heavy (non-hydrogen) atoms. The first-order chi connectivity index (χ1) is 9.76. The van der Waals surface area contributed by atoms with Gasteiger partial charge in [0.2, 0.25) is 11.9 Å². The molecule has 6 heteroatoms. The van der Waals surface area contributed by atoms with E-state index in [4.69, 9.17) is 5.73 Å². The van der Waals surface area contributed by atoms with Crippen molar-refractivity contribution < 1.29 is 4.79 Å². The fourth-order valence-electron chi connectivity index (χ4n) is 1.95. The Morgan fingerprint density at radius 2 is 1.90 bits per heavy atom. The molecule has 112 valence electrons. The lowest BCUT2D eigenvalue weighted by Gasteiger charge is -2.24. The summed E-state index contributed by atoms with van der Waals surface area (Å²) in [7, 11) is 0. The fraction of sp³-hybridized carbons (Fsp3) is 0.400. The number of para-hydroxylation sites is 1. The number of nitrogen functional groups attached to an aromatic ring is 1. The van der Waals surface area contributed by atoms with Crippen LogP contribution in [-0.2, 0) is 4.79 Å². The number of aromatic nitrogens is 2. The van der Waals surface area contributed by atoms with E-state index in [-0.39, 0.29) is 17.4 Å². The highest BCUT2D eigenvalue weighted by molar-refractivity contribution is 5.92. The van der Waals surface area contributed by atoms with Crippen molar-refractivity contribution in [2.75, 3.05) is 11.1 Å². The molecule has 0 bridgehead atoms. The molecule has 0 aliphatic rings. The number of nitrogens with two attached hydrogens (primary N) is 1. The Balaban J connectivity index is 2.25. The van der Waals surface area contributed by atoms with Crippen molar-refractivity contribution in [3.05, 3.63) is 24.3 Å². The third kappa shape index (κ3) is 3.81. The maximum absolute atomic E-state index is 12.1. The lowest BCUT2D eigenvalue weighted by molar-refractivity contribution is -0.122. The second kappa shape index (κ2) is 5.55. The summed E-state index contributed by atoms with van der Waals surface area (Å²) in [5.74, 6) is 0.651. The average Bonchev–Trinajstić information content (AvgIpc) is 2.36. The molecular formula is C15H21N5O. The highest BCUT2D eigenvalue weighted by Gasteiger charge is 2.20. The van der Waals surface area contributed by atoms with Crippen molar-refractivity contribution in [2.45, 2.75) is 39.3 Å². The summed E-state index contributed by atoms with van der Waals surface area (Å²) in [4.78, 5) is 20.5. The van der Waals surface area contributed by atoms with Gasteiger partial charge >= 0.3 is 0 Å². The van der Waals surface area contributed by atoms with E-state index in [0.717, 1.165) is 10.9 Å². The Labute approximate surface area is 124 Å². The second-order valence-electron chi connectivity index (χ2n) is 6.05. The van der Waals surface area contributed by atoms with E-state index in [1.54, 1.807) is 6.92 Å².